The Kier molecular flexibility index (Phi) is 9.77. The molecule has 3 atom stereocenters. The summed E-state index contributed by atoms with van der Waals surface area (Å²) in [6, 6.07) is 3.76. The van der Waals surface area contributed by atoms with Crippen molar-refractivity contribution in [1.29, 1.82) is 0 Å². The lowest BCUT2D eigenvalue weighted by atomic mass is 9.97. The van der Waals surface area contributed by atoms with E-state index in [1.165, 1.54) is 11.3 Å². The van der Waals surface area contributed by atoms with Crippen LogP contribution < -0.4 is 5.32 Å². The minimum Gasteiger partial charge on any atom is -0.465 e. The van der Waals surface area contributed by atoms with Gasteiger partial charge in [-0.15, -0.1) is 11.3 Å². The first kappa shape index (κ1) is 23.9. The highest BCUT2D eigenvalue weighted by molar-refractivity contribution is 7.09. The average molecular weight is 399 g/mol. The fourth-order valence-corrected chi connectivity index (χ4v) is 4.11. The second-order valence-electron chi connectivity index (χ2n) is 8.88. The largest absolute Gasteiger partial charge is 0.465 e. The number of hydrogen-bond acceptors (Lipinski definition) is 4. The number of carbonyl (C=O) groups is 1. The Morgan fingerprint density at radius 1 is 1.26 bits per heavy atom. The molecule has 0 aromatic carbocycles. The van der Waals surface area contributed by atoms with Crippen LogP contribution in [0.15, 0.2) is 17.5 Å². The summed E-state index contributed by atoms with van der Waals surface area (Å²) in [6.45, 7) is 12.6. The van der Waals surface area contributed by atoms with Crippen LogP contribution in [0.25, 0.3) is 0 Å². The molecule has 27 heavy (non-hydrogen) atoms. The molecule has 156 valence electrons. The zero-order valence-electron chi connectivity index (χ0n) is 17.7. The minimum atomic E-state index is -0.993. The van der Waals surface area contributed by atoms with Crippen molar-refractivity contribution in [3.05, 3.63) is 22.4 Å². The van der Waals surface area contributed by atoms with Gasteiger partial charge >= 0.3 is 6.09 Å². The lowest BCUT2D eigenvalue weighted by molar-refractivity contribution is 0.00726. The number of hydrogen-bond donors (Lipinski definition) is 3. The van der Waals surface area contributed by atoms with Crippen LogP contribution in [0.1, 0.15) is 65.7 Å². The molecule has 6 heteroatoms. The highest BCUT2D eigenvalue weighted by atomic mass is 32.1. The van der Waals surface area contributed by atoms with Crippen LogP contribution in [0.2, 0.25) is 0 Å². The Hall–Kier alpha value is -1.11. The fourth-order valence-electron chi connectivity index (χ4n) is 3.35. The molecule has 0 fully saturated rings. The van der Waals surface area contributed by atoms with Crippen LogP contribution in [0.4, 0.5) is 4.79 Å². The number of amides is 1. The summed E-state index contributed by atoms with van der Waals surface area (Å²) in [4.78, 5) is 14.4. The summed E-state index contributed by atoms with van der Waals surface area (Å²) in [5.74, 6) is 0.703. The lowest BCUT2D eigenvalue weighted by Gasteiger charge is -2.42. The zero-order valence-corrected chi connectivity index (χ0v) is 18.6. The maximum absolute atomic E-state index is 12.0. The van der Waals surface area contributed by atoms with Gasteiger partial charge in [0.25, 0.3) is 0 Å². The quantitative estimate of drug-likeness (QED) is 0.509. The van der Waals surface area contributed by atoms with E-state index < -0.39 is 23.8 Å². The molecule has 0 spiro atoms. The van der Waals surface area contributed by atoms with E-state index in [4.69, 9.17) is 0 Å². The molecule has 1 unspecified atom stereocenters. The van der Waals surface area contributed by atoms with Gasteiger partial charge in [-0.2, -0.15) is 0 Å². The molecule has 1 aromatic heterocycles. The van der Waals surface area contributed by atoms with Crippen molar-refractivity contribution >= 4 is 17.4 Å². The highest BCUT2D eigenvalue weighted by Gasteiger charge is 2.37. The normalized spacial score (nSPS) is 15.6. The third-order valence-corrected chi connectivity index (χ3v) is 5.69. The van der Waals surface area contributed by atoms with Crippen molar-refractivity contribution < 1.29 is 15.0 Å². The van der Waals surface area contributed by atoms with Gasteiger partial charge in [0.2, 0.25) is 0 Å². The third-order valence-electron chi connectivity index (χ3n) is 4.79. The van der Waals surface area contributed by atoms with E-state index in [1.54, 1.807) is 11.3 Å². The standard InChI is InChI=1S/C21H38N2O3S/c1-15(2)9-7-10-16(3)22-14-19(24)18(13-17-11-8-12-27-17)23(20(25)26)21(4,5)6/h8,11-12,15-16,18-19,22,24H,7,9-10,13-14H2,1-6H3,(H,25,26)/t16?,18-,19+/m0/s1. The number of rotatable bonds is 11. The van der Waals surface area contributed by atoms with Crippen molar-refractivity contribution in [3.63, 3.8) is 0 Å². The van der Waals surface area contributed by atoms with E-state index in [2.05, 4.69) is 26.1 Å². The van der Waals surface area contributed by atoms with Crippen molar-refractivity contribution in [2.75, 3.05) is 6.54 Å². The summed E-state index contributed by atoms with van der Waals surface area (Å²) >= 11 is 1.60. The minimum absolute atomic E-state index is 0.300. The van der Waals surface area contributed by atoms with Gasteiger partial charge in [-0.25, -0.2) is 4.79 Å². The van der Waals surface area contributed by atoms with Crippen LogP contribution in [-0.2, 0) is 6.42 Å². The molecule has 3 N–H and O–H groups in total. The second kappa shape index (κ2) is 11.0. The van der Waals surface area contributed by atoms with E-state index >= 15 is 0 Å². The van der Waals surface area contributed by atoms with Crippen LogP contribution in [-0.4, -0.2) is 51.5 Å². The van der Waals surface area contributed by atoms with E-state index in [-0.39, 0.29) is 0 Å². The Balaban J connectivity index is 2.77. The van der Waals surface area contributed by atoms with Gasteiger partial charge in [-0.3, -0.25) is 4.90 Å². The first-order valence-electron chi connectivity index (χ1n) is 9.98. The van der Waals surface area contributed by atoms with Crippen molar-refractivity contribution in [3.8, 4) is 0 Å². The van der Waals surface area contributed by atoms with E-state index in [0.29, 0.717) is 24.9 Å². The molecule has 0 aliphatic heterocycles. The third kappa shape index (κ3) is 8.62. The SMILES string of the molecule is CC(C)CCCC(C)NC[C@@H](O)[C@H](Cc1cccs1)N(C(=O)O)C(C)(C)C. The Bertz CT molecular complexity index is 540. The average Bonchev–Trinajstić information content (AvgIpc) is 3.03. The summed E-state index contributed by atoms with van der Waals surface area (Å²) < 4.78 is 0. The Morgan fingerprint density at radius 3 is 2.41 bits per heavy atom. The number of carboxylic acid groups (broad SMARTS) is 1. The molecule has 5 nitrogen and oxygen atoms in total. The van der Waals surface area contributed by atoms with E-state index in [9.17, 15) is 15.0 Å². The maximum Gasteiger partial charge on any atom is 0.408 e. The zero-order chi connectivity index (χ0) is 20.6. The molecule has 0 radical (unpaired) electrons. The van der Waals surface area contributed by atoms with Gasteiger partial charge in [0, 0.05) is 29.4 Å². The van der Waals surface area contributed by atoms with Gasteiger partial charge in [-0.05, 0) is 51.5 Å². The molecule has 1 heterocycles. The van der Waals surface area contributed by atoms with Gasteiger partial charge < -0.3 is 15.5 Å². The van der Waals surface area contributed by atoms with Gasteiger partial charge in [-0.1, -0.05) is 32.8 Å². The molecule has 1 rings (SSSR count). The molecule has 1 amide bonds. The predicted octanol–water partition coefficient (Wildman–Crippen LogP) is 4.60. The summed E-state index contributed by atoms with van der Waals surface area (Å²) in [7, 11) is 0. The topological polar surface area (TPSA) is 72.8 Å². The number of nitrogens with one attached hydrogen (secondary N) is 1. The predicted molar refractivity (Wildman–Crippen MR) is 114 cm³/mol. The number of aliphatic hydroxyl groups is 1. The lowest BCUT2D eigenvalue weighted by Crippen LogP contribution is -2.58. The van der Waals surface area contributed by atoms with Crippen LogP contribution in [0.3, 0.4) is 0 Å². The molecule has 0 bridgehead atoms. The second-order valence-corrected chi connectivity index (χ2v) is 9.91. The summed E-state index contributed by atoms with van der Waals surface area (Å²) in [5, 5.41) is 26.1. The smallest absolute Gasteiger partial charge is 0.408 e. The van der Waals surface area contributed by atoms with Gasteiger partial charge in [0.15, 0.2) is 0 Å². The fraction of sp³-hybridized carbons (Fsp3) is 0.762. The Labute approximate surface area is 168 Å². The number of thiophene rings is 1. The number of aliphatic hydroxyl groups excluding tert-OH is 1. The molecule has 0 saturated heterocycles. The molecular formula is C21H38N2O3S. The first-order chi connectivity index (χ1) is 12.5. The van der Waals surface area contributed by atoms with Crippen molar-refractivity contribution in [2.24, 2.45) is 5.92 Å². The maximum atomic E-state index is 12.0. The summed E-state index contributed by atoms with van der Waals surface area (Å²) in [6.07, 6.45) is 2.17. The Morgan fingerprint density at radius 2 is 1.93 bits per heavy atom. The van der Waals surface area contributed by atoms with Gasteiger partial charge in [0.1, 0.15) is 0 Å². The van der Waals surface area contributed by atoms with Crippen LogP contribution >= 0.6 is 11.3 Å². The molecule has 0 aliphatic rings. The molecule has 1 aromatic rings. The molecule has 0 saturated carbocycles. The van der Waals surface area contributed by atoms with Crippen molar-refractivity contribution in [1.82, 2.24) is 10.2 Å². The van der Waals surface area contributed by atoms with Crippen molar-refractivity contribution in [2.45, 2.75) is 91.0 Å². The van der Waals surface area contributed by atoms with E-state index in [1.807, 2.05) is 38.3 Å². The summed E-state index contributed by atoms with van der Waals surface area (Å²) in [5.41, 5.74) is -0.586. The van der Waals surface area contributed by atoms with E-state index in [0.717, 1.165) is 17.7 Å². The molecular weight excluding hydrogens is 360 g/mol. The first-order valence-corrected chi connectivity index (χ1v) is 10.9. The highest BCUT2D eigenvalue weighted by Crippen LogP contribution is 2.24. The number of nitrogens with zero attached hydrogens (tertiary/aromatic N) is 1. The van der Waals surface area contributed by atoms with Crippen LogP contribution in [0.5, 0.6) is 0 Å². The monoisotopic (exact) mass is 398 g/mol. The van der Waals surface area contributed by atoms with Gasteiger partial charge in [0.05, 0.1) is 12.1 Å². The molecule has 0 aliphatic carbocycles. The van der Waals surface area contributed by atoms with Crippen LogP contribution in [0, 0.1) is 5.92 Å².